The van der Waals surface area contributed by atoms with Crippen LogP contribution in [-0.4, -0.2) is 36.2 Å². The second-order valence-corrected chi connectivity index (χ2v) is 9.71. The molecule has 0 bridgehead atoms. The number of thiazole rings is 1. The summed E-state index contributed by atoms with van der Waals surface area (Å²) in [6, 6.07) is 7.35. The number of carbonyl (C=O) groups excluding carboxylic acids is 1. The zero-order valence-corrected chi connectivity index (χ0v) is 16.8. The van der Waals surface area contributed by atoms with Gasteiger partial charge in [0.1, 0.15) is 5.01 Å². The van der Waals surface area contributed by atoms with E-state index in [0.29, 0.717) is 17.8 Å². The van der Waals surface area contributed by atoms with E-state index in [0.717, 1.165) is 10.0 Å². The molecule has 1 aromatic carbocycles. The van der Waals surface area contributed by atoms with Crippen molar-refractivity contribution in [2.45, 2.75) is 30.8 Å². The number of halogens is 1. The predicted molar refractivity (Wildman–Crippen MR) is 101 cm³/mol. The highest BCUT2D eigenvalue weighted by molar-refractivity contribution is 9.10. The van der Waals surface area contributed by atoms with E-state index in [1.807, 2.05) is 31.2 Å². The maximum absolute atomic E-state index is 13.0. The quantitative estimate of drug-likeness (QED) is 0.785. The summed E-state index contributed by atoms with van der Waals surface area (Å²) >= 11 is 4.66. The summed E-state index contributed by atoms with van der Waals surface area (Å²) in [5.41, 5.74) is 6.23. The first kappa shape index (κ1) is 18.5. The molecule has 1 amide bonds. The number of hydrogen-bond donors (Lipinski definition) is 1. The zero-order chi connectivity index (χ0) is 18.2. The Morgan fingerprint density at radius 3 is 2.64 bits per heavy atom. The lowest BCUT2D eigenvalue weighted by Gasteiger charge is -2.35. The molecule has 1 aliphatic heterocycles. The van der Waals surface area contributed by atoms with Crippen LogP contribution < -0.4 is 5.73 Å². The van der Waals surface area contributed by atoms with Crippen molar-refractivity contribution in [2.24, 2.45) is 11.7 Å². The topological polar surface area (TPSA) is 93.4 Å². The summed E-state index contributed by atoms with van der Waals surface area (Å²) in [6.45, 7) is 1.96. The van der Waals surface area contributed by atoms with Crippen LogP contribution in [0.25, 0.3) is 10.6 Å². The Labute approximate surface area is 159 Å². The highest BCUT2D eigenvalue weighted by Crippen LogP contribution is 2.31. The number of amides is 1. The number of benzene rings is 1. The minimum absolute atomic E-state index is 0.0207. The fourth-order valence-corrected chi connectivity index (χ4v) is 5.91. The van der Waals surface area contributed by atoms with Gasteiger partial charge >= 0.3 is 0 Å². The van der Waals surface area contributed by atoms with Gasteiger partial charge in [0.25, 0.3) is 10.0 Å². The zero-order valence-electron chi connectivity index (χ0n) is 13.6. The maximum Gasteiger partial charge on any atom is 0.261 e. The van der Waals surface area contributed by atoms with Gasteiger partial charge in [-0.1, -0.05) is 28.1 Å². The van der Waals surface area contributed by atoms with Crippen LogP contribution in [0.15, 0.2) is 39.1 Å². The predicted octanol–water partition coefficient (Wildman–Crippen LogP) is 2.85. The molecular weight excluding hydrogens is 426 g/mol. The second kappa shape index (κ2) is 7.14. The van der Waals surface area contributed by atoms with Gasteiger partial charge in [-0.05, 0) is 31.9 Å². The monoisotopic (exact) mass is 443 g/mol. The van der Waals surface area contributed by atoms with Crippen LogP contribution in [0.4, 0.5) is 0 Å². The van der Waals surface area contributed by atoms with Gasteiger partial charge in [-0.25, -0.2) is 13.4 Å². The SMILES string of the molecule is CC1CCC(C(N)=O)CN1S(=O)(=O)c1csc(-c2ccc(Br)cc2)n1. The average molecular weight is 444 g/mol. The third-order valence-electron chi connectivity index (χ3n) is 4.37. The van der Waals surface area contributed by atoms with E-state index in [1.165, 1.54) is 15.6 Å². The van der Waals surface area contributed by atoms with Crippen molar-refractivity contribution < 1.29 is 13.2 Å². The molecule has 1 aliphatic rings. The van der Waals surface area contributed by atoms with Crippen molar-refractivity contribution >= 4 is 43.2 Å². The molecule has 0 saturated carbocycles. The molecule has 0 spiro atoms. The number of hydrogen-bond acceptors (Lipinski definition) is 5. The Kier molecular flexibility index (Phi) is 5.29. The molecule has 1 saturated heterocycles. The van der Waals surface area contributed by atoms with Crippen LogP contribution in [0.3, 0.4) is 0 Å². The van der Waals surface area contributed by atoms with E-state index >= 15 is 0 Å². The molecule has 1 aromatic heterocycles. The van der Waals surface area contributed by atoms with Gasteiger partial charge in [-0.2, -0.15) is 4.31 Å². The number of carbonyl (C=O) groups is 1. The minimum Gasteiger partial charge on any atom is -0.369 e. The van der Waals surface area contributed by atoms with E-state index in [9.17, 15) is 13.2 Å². The van der Waals surface area contributed by atoms with E-state index in [-0.39, 0.29) is 17.6 Å². The summed E-state index contributed by atoms with van der Waals surface area (Å²) in [7, 11) is -3.76. The molecule has 3 rings (SSSR count). The summed E-state index contributed by atoms with van der Waals surface area (Å²) in [5.74, 6) is -0.906. The molecule has 2 atom stereocenters. The number of aromatic nitrogens is 1. The molecule has 2 aromatic rings. The fraction of sp³-hybridized carbons (Fsp3) is 0.375. The van der Waals surface area contributed by atoms with Crippen LogP contribution in [-0.2, 0) is 14.8 Å². The van der Waals surface area contributed by atoms with Crippen LogP contribution in [0, 0.1) is 5.92 Å². The van der Waals surface area contributed by atoms with E-state index < -0.39 is 21.8 Å². The molecule has 1 fully saturated rings. The Morgan fingerprint density at radius 1 is 1.32 bits per heavy atom. The lowest BCUT2D eigenvalue weighted by atomic mass is 9.95. The third kappa shape index (κ3) is 3.79. The summed E-state index contributed by atoms with van der Waals surface area (Å²) in [5, 5.41) is 2.21. The van der Waals surface area contributed by atoms with Crippen molar-refractivity contribution in [3.63, 3.8) is 0 Å². The first-order chi connectivity index (χ1) is 11.8. The number of piperidine rings is 1. The number of nitrogens with zero attached hydrogens (tertiary/aromatic N) is 2. The molecule has 25 heavy (non-hydrogen) atoms. The molecule has 9 heteroatoms. The van der Waals surface area contributed by atoms with Crippen LogP contribution >= 0.6 is 27.3 Å². The summed E-state index contributed by atoms with van der Waals surface area (Å²) in [6.07, 6.45) is 1.22. The number of sulfonamides is 1. The number of primary amides is 1. The molecule has 6 nitrogen and oxygen atoms in total. The minimum atomic E-state index is -3.76. The Balaban J connectivity index is 1.89. The van der Waals surface area contributed by atoms with Gasteiger partial charge in [-0.15, -0.1) is 11.3 Å². The van der Waals surface area contributed by atoms with E-state index in [1.54, 1.807) is 5.38 Å². The molecule has 0 aliphatic carbocycles. The first-order valence-corrected chi connectivity index (χ1v) is 10.9. The van der Waals surface area contributed by atoms with Crippen LogP contribution in [0.1, 0.15) is 19.8 Å². The summed E-state index contributed by atoms with van der Waals surface area (Å²) in [4.78, 5) is 15.8. The Hall–Kier alpha value is -1.29. The van der Waals surface area contributed by atoms with Crippen LogP contribution in [0.5, 0.6) is 0 Å². The standard InChI is InChI=1S/C16H18BrN3O3S2/c1-10-2-3-12(15(18)21)8-20(10)25(22,23)14-9-24-16(19-14)11-4-6-13(17)7-5-11/h4-7,9-10,12H,2-3,8H2,1H3,(H2,18,21). The lowest BCUT2D eigenvalue weighted by Crippen LogP contribution is -2.48. The number of nitrogens with two attached hydrogens (primary N) is 1. The van der Waals surface area contributed by atoms with Gasteiger partial charge < -0.3 is 5.73 Å². The van der Waals surface area contributed by atoms with Crippen molar-refractivity contribution in [2.75, 3.05) is 6.54 Å². The van der Waals surface area contributed by atoms with Gasteiger partial charge in [0.2, 0.25) is 5.91 Å². The maximum atomic E-state index is 13.0. The average Bonchev–Trinajstić information content (AvgIpc) is 3.06. The molecule has 0 radical (unpaired) electrons. The van der Waals surface area contributed by atoms with Gasteiger partial charge in [0, 0.05) is 28.0 Å². The first-order valence-electron chi connectivity index (χ1n) is 7.81. The largest absolute Gasteiger partial charge is 0.369 e. The molecule has 2 unspecified atom stereocenters. The van der Waals surface area contributed by atoms with Gasteiger partial charge in [-0.3, -0.25) is 4.79 Å². The fourth-order valence-electron chi connectivity index (χ4n) is 2.86. The van der Waals surface area contributed by atoms with E-state index in [4.69, 9.17) is 5.73 Å². The lowest BCUT2D eigenvalue weighted by molar-refractivity contribution is -0.123. The Morgan fingerprint density at radius 2 is 2.00 bits per heavy atom. The molecule has 2 heterocycles. The highest BCUT2D eigenvalue weighted by Gasteiger charge is 2.37. The van der Waals surface area contributed by atoms with Crippen LogP contribution in [0.2, 0.25) is 0 Å². The van der Waals surface area contributed by atoms with Crippen molar-refractivity contribution in [1.29, 1.82) is 0 Å². The molecular formula is C16H18BrN3O3S2. The van der Waals surface area contributed by atoms with Crippen molar-refractivity contribution in [3.8, 4) is 10.6 Å². The van der Waals surface area contributed by atoms with Gasteiger partial charge in [0.15, 0.2) is 5.03 Å². The van der Waals surface area contributed by atoms with Gasteiger partial charge in [0.05, 0.1) is 5.92 Å². The van der Waals surface area contributed by atoms with E-state index in [2.05, 4.69) is 20.9 Å². The molecule has 2 N–H and O–H groups in total. The summed E-state index contributed by atoms with van der Waals surface area (Å²) < 4.78 is 28.2. The van der Waals surface area contributed by atoms with Crippen molar-refractivity contribution in [3.05, 3.63) is 34.1 Å². The highest BCUT2D eigenvalue weighted by atomic mass is 79.9. The smallest absolute Gasteiger partial charge is 0.261 e. The third-order valence-corrected chi connectivity index (χ3v) is 7.81. The molecule has 134 valence electrons. The van der Waals surface area contributed by atoms with Crippen molar-refractivity contribution in [1.82, 2.24) is 9.29 Å². The number of rotatable bonds is 4. The Bertz CT molecular complexity index is 880. The second-order valence-electron chi connectivity index (χ2n) is 6.10. The normalized spacial score (nSPS) is 22.0.